The summed E-state index contributed by atoms with van der Waals surface area (Å²) < 4.78 is 11.7. The highest BCUT2D eigenvalue weighted by Crippen LogP contribution is 2.57. The minimum Gasteiger partial charge on any atom is -0.388 e. The molecule has 19 unspecified atom stereocenters. The zero-order valence-electron chi connectivity index (χ0n) is 71.8. The lowest BCUT2D eigenvalue weighted by Gasteiger charge is -2.47. The van der Waals surface area contributed by atoms with E-state index in [0.29, 0.717) is 50.6 Å². The molecule has 16 aliphatic rings. The summed E-state index contributed by atoms with van der Waals surface area (Å²) in [6.45, 7) is 60.4. The molecule has 1 saturated heterocycles. The lowest BCUT2D eigenvalue weighted by molar-refractivity contribution is -0.0324. The Hall–Kier alpha value is -0.890. The second-order valence-corrected chi connectivity index (χ2v) is 47.9. The predicted octanol–water partition coefficient (Wildman–Crippen LogP) is 28.0. The van der Waals surface area contributed by atoms with Crippen molar-refractivity contribution in [2.45, 2.75) is 394 Å². The van der Waals surface area contributed by atoms with Crippen molar-refractivity contribution in [1.82, 2.24) is 10.7 Å². The Morgan fingerprint density at radius 2 is 0.794 bits per heavy atom. The molecule has 0 spiro atoms. The van der Waals surface area contributed by atoms with Crippen molar-refractivity contribution in [1.29, 1.82) is 0 Å². The highest BCUT2D eigenvalue weighted by molar-refractivity contribution is 8.08. The SMILES string of the molecule is CC(C)(C)C1=CSC2C=CSC12.CC(C)(C)C1CC2=C(CCN2)CO1.CC(C)(C)C1CC2=NNCC2CO1.CC(C)(C)C1CCC2CC2C1.CC(C)(C)C1CCC2CCC2C1.CC(C)(C)C1CCC2CCCCC2CC1.CC(C)(C)C1CCCC2CC2C1.CC(C)(C)C1CCCC2CCCC2C1. The Morgan fingerprint density at radius 1 is 0.392 bits per heavy atom. The molecule has 0 bridgehead atoms. The summed E-state index contributed by atoms with van der Waals surface area (Å²) in [5.41, 5.74) is 12.6. The number of hydrazone groups is 1. The summed E-state index contributed by atoms with van der Waals surface area (Å²) in [5.74, 6) is 16.8. The average Bonchev–Trinajstić information content (AvgIpc) is 1.29. The standard InChI is InChI=1S/C15H28.C14H26.2C12H22.C11H19NO.C11H20.C10H18N2O.C10H14S2/c1-15(2,3)14-10-8-12-6-4-5-7-13(12)9-11-14;1-14(2,3)13-9-5-7-11-6-4-8-12(11)10-13;1-12(2,3)11-7-6-9-4-5-10(9)8-11;1-12(2,3)11-6-4-5-9-7-10(9)8-11;1-11(2,3)10-6-9-8(7-13-10)4-5-12-9;1-11(2,3)10-5-4-8-6-9(8)7-10;1-10(2,3)9-4-8-7(6-13-9)5-11-12-8;1-10(2,3)7-6-12-8-4-5-11-9(7)8/h12-14H,4-11H2,1-3H3;11-13H,4-10H2,1-3H3;2*9-11H,4-8H2,1-3H3;10,12H,4-7H2,1-3H3;8-10H,4-7H2,1-3H3;7,9,11H,4-6H2,1-3H3;4-6,8-9H,1-3H3. The van der Waals surface area contributed by atoms with E-state index in [1.54, 1.807) is 44.1 Å². The molecule has 2 N–H and O–H groups in total. The van der Waals surface area contributed by atoms with E-state index in [1.165, 1.54) is 171 Å². The molecule has 5 nitrogen and oxygen atoms in total. The number of hydrogen-bond acceptors (Lipinski definition) is 7. The number of rotatable bonds is 0. The maximum absolute atomic E-state index is 5.86. The van der Waals surface area contributed by atoms with Crippen LogP contribution < -0.4 is 10.7 Å². The Morgan fingerprint density at radius 3 is 1.28 bits per heavy atom. The van der Waals surface area contributed by atoms with Crippen molar-refractivity contribution >= 4 is 29.2 Å². The summed E-state index contributed by atoms with van der Waals surface area (Å²) >= 11 is 3.96. The zero-order valence-corrected chi connectivity index (χ0v) is 73.4. The maximum atomic E-state index is 5.86. The van der Waals surface area contributed by atoms with E-state index in [9.17, 15) is 0 Å². The van der Waals surface area contributed by atoms with Crippen LogP contribution in [0.3, 0.4) is 0 Å². The fourth-order valence-corrected chi connectivity index (χ4v) is 24.6. The smallest absolute Gasteiger partial charge is 0.0701 e. The first-order valence-electron chi connectivity index (χ1n) is 44.2. The van der Waals surface area contributed by atoms with Crippen LogP contribution in [-0.2, 0) is 9.47 Å². The van der Waals surface area contributed by atoms with Gasteiger partial charge in [-0.3, -0.25) is 0 Å². The Balaban J connectivity index is 0.000000136. The molecule has 10 aliphatic carbocycles. The van der Waals surface area contributed by atoms with Crippen molar-refractivity contribution in [3.8, 4) is 0 Å². The molecule has 6 heterocycles. The lowest BCUT2D eigenvalue weighted by atomic mass is 9.58. The summed E-state index contributed by atoms with van der Waals surface area (Å²) in [6.07, 6.45) is 50.6. The van der Waals surface area contributed by atoms with Gasteiger partial charge in [-0.1, -0.05) is 243 Å². The van der Waals surface area contributed by atoms with Gasteiger partial charge in [0, 0.05) is 53.8 Å². The largest absolute Gasteiger partial charge is 0.388 e. The topological polar surface area (TPSA) is 54.9 Å². The highest BCUT2D eigenvalue weighted by Gasteiger charge is 2.47. The second kappa shape index (κ2) is 36.1. The molecule has 0 aromatic carbocycles. The van der Waals surface area contributed by atoms with Gasteiger partial charge in [-0.15, -0.1) is 23.5 Å². The molecule has 10 saturated carbocycles. The molecular formula is C95H169N3O2S2. The summed E-state index contributed by atoms with van der Waals surface area (Å²) in [6, 6.07) is 0. The number of fused-ring (bicyclic) bond motifs is 7. The quantitative estimate of drug-likeness (QED) is 0.252. The zero-order chi connectivity index (χ0) is 74.4. The fraction of sp³-hybridized carbons (Fsp3) is 0.926. The van der Waals surface area contributed by atoms with Crippen LogP contribution in [0.2, 0.25) is 0 Å². The van der Waals surface area contributed by atoms with Gasteiger partial charge in [0.1, 0.15) is 0 Å². The van der Waals surface area contributed by atoms with E-state index in [0.717, 1.165) is 138 Å². The molecule has 7 heteroatoms. The van der Waals surface area contributed by atoms with Gasteiger partial charge in [0.25, 0.3) is 0 Å². The van der Waals surface area contributed by atoms with Gasteiger partial charge in [-0.25, -0.2) is 0 Å². The number of nitrogens with one attached hydrogen (secondary N) is 2. The maximum Gasteiger partial charge on any atom is 0.0701 e. The molecular weight excluding hydrogens is 1280 g/mol. The fourth-order valence-electron chi connectivity index (χ4n) is 21.5. The van der Waals surface area contributed by atoms with Crippen LogP contribution in [-0.4, -0.2) is 54.7 Å². The lowest BCUT2D eigenvalue weighted by Crippen LogP contribution is -2.40. The molecule has 102 heavy (non-hydrogen) atoms. The van der Waals surface area contributed by atoms with Gasteiger partial charge in [0.05, 0.1) is 25.4 Å². The first-order valence-corrected chi connectivity index (χ1v) is 46.1. The van der Waals surface area contributed by atoms with Crippen molar-refractivity contribution < 1.29 is 9.47 Å². The van der Waals surface area contributed by atoms with E-state index in [4.69, 9.17) is 9.47 Å². The number of ether oxygens (including phenoxy) is 2. The molecule has 0 radical (unpaired) electrons. The van der Waals surface area contributed by atoms with Crippen molar-refractivity contribution in [3.05, 3.63) is 33.7 Å². The van der Waals surface area contributed by atoms with Crippen LogP contribution in [0.1, 0.15) is 372 Å². The van der Waals surface area contributed by atoms with E-state index < -0.39 is 0 Å². The van der Waals surface area contributed by atoms with Crippen LogP contribution in [0.4, 0.5) is 0 Å². The van der Waals surface area contributed by atoms with Crippen LogP contribution in [0.25, 0.3) is 0 Å². The van der Waals surface area contributed by atoms with Crippen molar-refractivity contribution in [3.63, 3.8) is 0 Å². The van der Waals surface area contributed by atoms with Gasteiger partial charge in [-0.05, 0) is 276 Å². The number of hydrogen-bond donors (Lipinski definition) is 2. The minimum absolute atomic E-state index is 0.232. The Kier molecular flexibility index (Phi) is 30.1. The van der Waals surface area contributed by atoms with Gasteiger partial charge in [-0.2, -0.15) is 5.10 Å². The van der Waals surface area contributed by atoms with Crippen LogP contribution in [0.15, 0.2) is 38.8 Å². The minimum atomic E-state index is 0.232. The third-order valence-electron chi connectivity index (χ3n) is 30.1. The highest BCUT2D eigenvalue weighted by atomic mass is 32.2. The molecule has 16 rings (SSSR count). The first-order chi connectivity index (χ1) is 47.6. The van der Waals surface area contributed by atoms with Gasteiger partial charge in [0.15, 0.2) is 0 Å². The molecule has 588 valence electrons. The van der Waals surface area contributed by atoms with Crippen LogP contribution >= 0.6 is 23.5 Å². The molecule has 19 atom stereocenters. The average molecular weight is 1450 g/mol. The van der Waals surface area contributed by atoms with E-state index in [1.807, 2.05) is 23.5 Å². The molecule has 0 amide bonds. The second-order valence-electron chi connectivity index (χ2n) is 45.8. The molecule has 6 aliphatic heterocycles. The van der Waals surface area contributed by atoms with Crippen molar-refractivity contribution in [2.24, 2.45) is 143 Å². The molecule has 0 aromatic heterocycles. The van der Waals surface area contributed by atoms with E-state index in [-0.39, 0.29) is 10.8 Å². The third kappa shape index (κ3) is 25.3. The number of nitrogens with zero attached hydrogens (tertiary/aromatic N) is 1. The van der Waals surface area contributed by atoms with Crippen LogP contribution in [0.5, 0.6) is 0 Å². The first kappa shape index (κ1) is 85.1. The Bertz CT molecular complexity index is 2650. The summed E-state index contributed by atoms with van der Waals surface area (Å²) in [4.78, 5) is 0. The van der Waals surface area contributed by atoms with Gasteiger partial charge in [0.2, 0.25) is 0 Å². The van der Waals surface area contributed by atoms with Crippen molar-refractivity contribution in [2.75, 3.05) is 26.3 Å². The molecule has 11 fully saturated rings. The normalized spacial score (nSPS) is 37.4. The number of thioether (sulfide) groups is 2. The van der Waals surface area contributed by atoms with E-state index in [2.05, 4.69) is 199 Å². The van der Waals surface area contributed by atoms with Gasteiger partial charge >= 0.3 is 0 Å². The monoisotopic (exact) mass is 1450 g/mol. The van der Waals surface area contributed by atoms with E-state index >= 15 is 0 Å². The van der Waals surface area contributed by atoms with Gasteiger partial charge < -0.3 is 20.2 Å². The predicted molar refractivity (Wildman–Crippen MR) is 449 cm³/mol. The van der Waals surface area contributed by atoms with Crippen LogP contribution in [0, 0.1) is 138 Å². The summed E-state index contributed by atoms with van der Waals surface area (Å²) in [7, 11) is 0. The Labute approximate surface area is 642 Å². The summed E-state index contributed by atoms with van der Waals surface area (Å²) in [5, 5.41) is 13.8. The third-order valence-corrected chi connectivity index (χ3v) is 32.5. The molecule has 0 aromatic rings.